The summed E-state index contributed by atoms with van der Waals surface area (Å²) < 4.78 is 30.2. The molecule has 1 amide bonds. The fraction of sp³-hybridized carbons (Fsp3) is 0.438. The molecule has 0 spiro atoms. The molecule has 1 atom stereocenters. The summed E-state index contributed by atoms with van der Waals surface area (Å²) in [6, 6.07) is 2.75. The molecular weight excluding hydrogens is 360 g/mol. The van der Waals surface area contributed by atoms with Crippen molar-refractivity contribution in [1.82, 2.24) is 14.8 Å². The van der Waals surface area contributed by atoms with E-state index in [1.165, 1.54) is 16.9 Å². The van der Waals surface area contributed by atoms with Crippen molar-refractivity contribution < 1.29 is 17.9 Å². The Kier molecular flexibility index (Phi) is 4.86. The number of pyridine rings is 1. The number of nitrogens with zero attached hydrogens (tertiary/aromatic N) is 2. The zero-order chi connectivity index (χ0) is 18.9. The van der Waals surface area contributed by atoms with Gasteiger partial charge in [0.25, 0.3) is 5.91 Å². The van der Waals surface area contributed by atoms with Crippen molar-refractivity contribution in [1.29, 1.82) is 0 Å². The molecule has 2 aromatic heterocycles. The van der Waals surface area contributed by atoms with Crippen LogP contribution in [-0.4, -0.2) is 47.2 Å². The van der Waals surface area contributed by atoms with Gasteiger partial charge in [-0.1, -0.05) is 0 Å². The summed E-state index contributed by atoms with van der Waals surface area (Å²) in [5, 5.41) is 6.96. The van der Waals surface area contributed by atoms with E-state index in [0.29, 0.717) is 23.6 Å². The van der Waals surface area contributed by atoms with Gasteiger partial charge in [-0.3, -0.25) is 9.59 Å². The molecule has 0 radical (unpaired) electrons. The van der Waals surface area contributed by atoms with Gasteiger partial charge in [0.05, 0.1) is 23.2 Å². The number of carbonyl (C=O) groups is 1. The number of H-pyrrole nitrogens is 1. The highest BCUT2D eigenvalue weighted by Crippen LogP contribution is 2.27. The Morgan fingerprint density at radius 2 is 2.19 bits per heavy atom. The van der Waals surface area contributed by atoms with E-state index in [1.807, 2.05) is 0 Å². The molecule has 0 saturated carbocycles. The van der Waals surface area contributed by atoms with Crippen LogP contribution in [-0.2, 0) is 14.6 Å². The monoisotopic (exact) mass is 380 g/mol. The van der Waals surface area contributed by atoms with Crippen LogP contribution in [0.25, 0.3) is 0 Å². The number of nitrogens with one attached hydrogen (secondary N) is 2. The maximum absolute atomic E-state index is 12.2. The van der Waals surface area contributed by atoms with Crippen LogP contribution in [0.3, 0.4) is 0 Å². The molecule has 2 aromatic rings. The number of amides is 1. The molecule has 2 N–H and O–H groups in total. The summed E-state index contributed by atoms with van der Waals surface area (Å²) in [6.45, 7) is 3.15. The zero-order valence-electron chi connectivity index (χ0n) is 14.5. The topological polar surface area (TPSA) is 123 Å². The Morgan fingerprint density at radius 3 is 2.85 bits per heavy atom. The second kappa shape index (κ2) is 6.94. The normalized spacial score (nSPS) is 18.6. The van der Waals surface area contributed by atoms with Gasteiger partial charge >= 0.3 is 0 Å². The minimum atomic E-state index is -3.07. The Balaban J connectivity index is 1.67. The third-order valence-corrected chi connectivity index (χ3v) is 5.81. The number of sulfone groups is 1. The Morgan fingerprint density at radius 1 is 1.42 bits per heavy atom. The number of aryl methyl sites for hydroxylation is 2. The van der Waals surface area contributed by atoms with E-state index in [2.05, 4.69) is 15.4 Å². The summed E-state index contributed by atoms with van der Waals surface area (Å²) >= 11 is 0. The number of hydrogen-bond acceptors (Lipinski definition) is 6. The molecule has 1 fully saturated rings. The number of aromatic amines is 1. The number of anilines is 1. The average Bonchev–Trinajstić information content (AvgIpc) is 3.08. The molecule has 0 aliphatic carbocycles. The highest BCUT2D eigenvalue weighted by molar-refractivity contribution is 7.91. The predicted molar refractivity (Wildman–Crippen MR) is 95.2 cm³/mol. The minimum absolute atomic E-state index is 0.00618. The van der Waals surface area contributed by atoms with E-state index in [9.17, 15) is 18.0 Å². The van der Waals surface area contributed by atoms with Crippen molar-refractivity contribution >= 4 is 21.6 Å². The van der Waals surface area contributed by atoms with Gasteiger partial charge in [0.2, 0.25) is 5.43 Å². The SMILES string of the molecule is Cc1cc(NC(=O)COc2c[nH]c(C)cc2=O)n([C@H]2CCS(=O)(=O)C2)n1. The lowest BCUT2D eigenvalue weighted by Gasteiger charge is -2.14. The molecule has 26 heavy (non-hydrogen) atoms. The summed E-state index contributed by atoms with van der Waals surface area (Å²) in [6.07, 6.45) is 1.87. The Labute approximate surface area is 150 Å². The van der Waals surface area contributed by atoms with Crippen LogP contribution >= 0.6 is 0 Å². The molecule has 1 saturated heterocycles. The second-order valence-corrected chi connectivity index (χ2v) is 8.58. The quantitative estimate of drug-likeness (QED) is 0.781. The Hall–Kier alpha value is -2.62. The molecule has 9 nitrogen and oxygen atoms in total. The van der Waals surface area contributed by atoms with Gasteiger partial charge in [0.1, 0.15) is 5.82 Å². The number of aromatic nitrogens is 3. The maximum atomic E-state index is 12.2. The van der Waals surface area contributed by atoms with Crippen molar-refractivity contribution in [3.05, 3.63) is 39.9 Å². The summed E-state index contributed by atoms with van der Waals surface area (Å²) in [5.41, 5.74) is 1.05. The van der Waals surface area contributed by atoms with E-state index >= 15 is 0 Å². The first-order valence-electron chi connectivity index (χ1n) is 8.12. The van der Waals surface area contributed by atoms with E-state index in [4.69, 9.17) is 4.74 Å². The predicted octanol–water partition coefficient (Wildman–Crippen LogP) is 0.565. The van der Waals surface area contributed by atoms with Gasteiger partial charge in [-0.05, 0) is 20.3 Å². The average molecular weight is 380 g/mol. The van der Waals surface area contributed by atoms with Crippen molar-refractivity contribution in [3.8, 4) is 5.75 Å². The van der Waals surface area contributed by atoms with Crippen LogP contribution < -0.4 is 15.5 Å². The third kappa shape index (κ3) is 4.13. The van der Waals surface area contributed by atoms with Gasteiger partial charge in [-0.25, -0.2) is 13.1 Å². The number of carbonyl (C=O) groups excluding carboxylic acids is 1. The standard InChI is InChI=1S/C16H20N4O5S/c1-10-5-13(21)14(7-17-10)25-8-16(22)18-15-6-11(2)19-20(15)12-3-4-26(23,24)9-12/h5-7,12H,3-4,8-9H2,1-2H3,(H,17,21)(H,18,22)/t12-/m0/s1. The van der Waals surface area contributed by atoms with E-state index in [-0.39, 0.29) is 35.3 Å². The Bertz CT molecular complexity index is 992. The van der Waals surface area contributed by atoms with Gasteiger partial charge < -0.3 is 15.0 Å². The molecule has 0 unspecified atom stereocenters. The van der Waals surface area contributed by atoms with Crippen molar-refractivity contribution in [2.75, 3.05) is 23.4 Å². The van der Waals surface area contributed by atoms with Crippen molar-refractivity contribution in [3.63, 3.8) is 0 Å². The highest BCUT2D eigenvalue weighted by atomic mass is 32.2. The molecule has 3 heterocycles. The lowest BCUT2D eigenvalue weighted by Crippen LogP contribution is -2.25. The number of hydrogen-bond donors (Lipinski definition) is 2. The lowest BCUT2D eigenvalue weighted by atomic mass is 10.3. The molecule has 1 aliphatic heterocycles. The highest BCUT2D eigenvalue weighted by Gasteiger charge is 2.31. The van der Waals surface area contributed by atoms with E-state index in [1.54, 1.807) is 19.9 Å². The van der Waals surface area contributed by atoms with Gasteiger partial charge in [-0.15, -0.1) is 0 Å². The van der Waals surface area contributed by atoms with Crippen molar-refractivity contribution in [2.24, 2.45) is 0 Å². The van der Waals surface area contributed by atoms with Crippen LogP contribution in [0.15, 0.2) is 23.1 Å². The first-order chi connectivity index (χ1) is 12.2. The lowest BCUT2D eigenvalue weighted by molar-refractivity contribution is -0.118. The molecule has 0 bridgehead atoms. The number of ether oxygens (including phenoxy) is 1. The van der Waals surface area contributed by atoms with E-state index in [0.717, 1.165) is 0 Å². The van der Waals surface area contributed by atoms with Gasteiger partial charge in [0.15, 0.2) is 22.2 Å². The molecule has 10 heteroatoms. The summed E-state index contributed by atoms with van der Waals surface area (Å²) in [7, 11) is -3.07. The largest absolute Gasteiger partial charge is 0.478 e. The van der Waals surface area contributed by atoms with Crippen LogP contribution in [0.4, 0.5) is 5.82 Å². The third-order valence-electron chi connectivity index (χ3n) is 4.06. The smallest absolute Gasteiger partial charge is 0.263 e. The molecule has 140 valence electrons. The molecular formula is C16H20N4O5S. The van der Waals surface area contributed by atoms with Crippen LogP contribution in [0.1, 0.15) is 23.9 Å². The summed E-state index contributed by atoms with van der Waals surface area (Å²) in [5.74, 6) is 0.121. The van der Waals surface area contributed by atoms with Crippen molar-refractivity contribution in [2.45, 2.75) is 26.3 Å². The van der Waals surface area contributed by atoms with Crippen LogP contribution in [0, 0.1) is 13.8 Å². The molecule has 3 rings (SSSR count). The first-order valence-corrected chi connectivity index (χ1v) is 9.94. The van der Waals surface area contributed by atoms with Gasteiger partial charge in [-0.2, -0.15) is 5.10 Å². The molecule has 1 aliphatic rings. The minimum Gasteiger partial charge on any atom is -0.478 e. The fourth-order valence-corrected chi connectivity index (χ4v) is 4.54. The second-order valence-electron chi connectivity index (χ2n) is 6.35. The zero-order valence-corrected chi connectivity index (χ0v) is 15.3. The molecule has 0 aromatic carbocycles. The summed E-state index contributed by atoms with van der Waals surface area (Å²) in [4.78, 5) is 26.8. The van der Waals surface area contributed by atoms with E-state index < -0.39 is 15.7 Å². The number of rotatable bonds is 5. The van der Waals surface area contributed by atoms with Crippen LogP contribution in [0.2, 0.25) is 0 Å². The van der Waals surface area contributed by atoms with Crippen LogP contribution in [0.5, 0.6) is 5.75 Å². The van der Waals surface area contributed by atoms with Gasteiger partial charge in [0, 0.05) is 24.0 Å². The fourth-order valence-electron chi connectivity index (χ4n) is 2.85. The first kappa shape index (κ1) is 18.2. The maximum Gasteiger partial charge on any atom is 0.263 e.